The van der Waals surface area contributed by atoms with E-state index in [0.717, 1.165) is 38.5 Å². The predicted molar refractivity (Wildman–Crippen MR) is 75.3 cm³/mol. The summed E-state index contributed by atoms with van der Waals surface area (Å²) in [6.07, 6.45) is 7.31. The van der Waals surface area contributed by atoms with Gasteiger partial charge in [0.2, 0.25) is 10.0 Å². The lowest BCUT2D eigenvalue weighted by Crippen LogP contribution is -2.45. The minimum Gasteiger partial charge on any atom is -0.377 e. The number of ether oxygens (including phenoxy) is 1. The van der Waals surface area contributed by atoms with Crippen molar-refractivity contribution in [2.24, 2.45) is 11.1 Å². The highest BCUT2D eigenvalue weighted by atomic mass is 32.2. The van der Waals surface area contributed by atoms with Crippen LogP contribution in [0.1, 0.15) is 44.9 Å². The molecule has 3 N–H and O–H groups in total. The highest BCUT2D eigenvalue weighted by Crippen LogP contribution is 2.34. The average Bonchev–Trinajstić information content (AvgIpc) is 2.90. The Morgan fingerprint density at radius 2 is 1.95 bits per heavy atom. The molecule has 0 bridgehead atoms. The molecule has 0 radical (unpaired) electrons. The molecule has 1 aliphatic carbocycles. The Labute approximate surface area is 116 Å². The van der Waals surface area contributed by atoms with Crippen LogP contribution >= 0.6 is 0 Å². The fraction of sp³-hybridized carbons (Fsp3) is 1.00. The number of nitrogens with two attached hydrogens (primary N) is 1. The van der Waals surface area contributed by atoms with E-state index >= 15 is 0 Å². The summed E-state index contributed by atoms with van der Waals surface area (Å²) >= 11 is 0. The van der Waals surface area contributed by atoms with Crippen LogP contribution in [0, 0.1) is 5.41 Å². The summed E-state index contributed by atoms with van der Waals surface area (Å²) in [6, 6.07) is 0. The minimum absolute atomic E-state index is 0.0259. The molecule has 1 unspecified atom stereocenters. The molecule has 1 aliphatic heterocycles. The van der Waals surface area contributed by atoms with E-state index in [0.29, 0.717) is 19.7 Å². The van der Waals surface area contributed by atoms with Crippen LogP contribution < -0.4 is 10.5 Å². The zero-order valence-corrected chi connectivity index (χ0v) is 12.4. The van der Waals surface area contributed by atoms with Gasteiger partial charge in [-0.1, -0.05) is 19.3 Å². The summed E-state index contributed by atoms with van der Waals surface area (Å²) in [5.74, 6) is 0.0909. The molecule has 0 aromatic heterocycles. The van der Waals surface area contributed by atoms with E-state index in [1.165, 1.54) is 6.42 Å². The SMILES string of the molecule is NCC1(CNS(=O)(=O)CC2CCCO2)CCCCC1. The van der Waals surface area contributed by atoms with Crippen molar-refractivity contribution in [3.63, 3.8) is 0 Å². The molecular weight excluding hydrogens is 264 g/mol. The number of hydrogen-bond donors (Lipinski definition) is 2. The molecule has 112 valence electrons. The molecule has 0 spiro atoms. The number of nitrogens with one attached hydrogen (secondary N) is 1. The normalized spacial score (nSPS) is 27.5. The fourth-order valence-electron chi connectivity index (χ4n) is 3.10. The van der Waals surface area contributed by atoms with Crippen molar-refractivity contribution in [3.8, 4) is 0 Å². The Kier molecular flexibility index (Phi) is 5.22. The van der Waals surface area contributed by atoms with Gasteiger partial charge in [0.05, 0.1) is 11.9 Å². The predicted octanol–water partition coefficient (Wildman–Crippen LogP) is 0.994. The van der Waals surface area contributed by atoms with Gasteiger partial charge in [-0.15, -0.1) is 0 Å². The van der Waals surface area contributed by atoms with E-state index in [4.69, 9.17) is 10.5 Å². The van der Waals surface area contributed by atoms with Crippen molar-refractivity contribution in [1.82, 2.24) is 4.72 Å². The molecule has 19 heavy (non-hydrogen) atoms. The number of sulfonamides is 1. The van der Waals surface area contributed by atoms with Crippen LogP contribution in [0.25, 0.3) is 0 Å². The quantitative estimate of drug-likeness (QED) is 0.764. The van der Waals surface area contributed by atoms with Crippen LogP contribution in [0.15, 0.2) is 0 Å². The van der Waals surface area contributed by atoms with E-state index in [9.17, 15) is 8.42 Å². The lowest BCUT2D eigenvalue weighted by molar-refractivity contribution is 0.127. The Hall–Kier alpha value is -0.170. The maximum Gasteiger partial charge on any atom is 0.214 e. The lowest BCUT2D eigenvalue weighted by atomic mass is 9.74. The molecule has 1 saturated heterocycles. The third-order valence-electron chi connectivity index (χ3n) is 4.44. The van der Waals surface area contributed by atoms with Crippen LogP contribution in [-0.2, 0) is 14.8 Å². The first-order valence-electron chi connectivity index (χ1n) is 7.34. The zero-order valence-electron chi connectivity index (χ0n) is 11.6. The van der Waals surface area contributed by atoms with E-state index in [1.807, 2.05) is 0 Å². The first-order chi connectivity index (χ1) is 9.05. The lowest BCUT2D eigenvalue weighted by Gasteiger charge is -2.36. The Bertz CT molecular complexity index is 371. The average molecular weight is 290 g/mol. The van der Waals surface area contributed by atoms with Gasteiger partial charge in [-0.25, -0.2) is 13.1 Å². The second-order valence-electron chi connectivity index (χ2n) is 6.00. The van der Waals surface area contributed by atoms with Crippen LogP contribution in [0.3, 0.4) is 0 Å². The van der Waals surface area contributed by atoms with Gasteiger partial charge in [-0.05, 0) is 37.6 Å². The molecular formula is C13H26N2O3S. The fourth-order valence-corrected chi connectivity index (χ4v) is 4.49. The summed E-state index contributed by atoms with van der Waals surface area (Å²) in [4.78, 5) is 0. The summed E-state index contributed by atoms with van der Waals surface area (Å²) in [7, 11) is -3.24. The van der Waals surface area contributed by atoms with Gasteiger partial charge < -0.3 is 10.5 Å². The van der Waals surface area contributed by atoms with Gasteiger partial charge in [0.1, 0.15) is 0 Å². The molecule has 2 fully saturated rings. The first-order valence-corrected chi connectivity index (χ1v) is 9.00. The van der Waals surface area contributed by atoms with Gasteiger partial charge in [0, 0.05) is 13.2 Å². The summed E-state index contributed by atoms with van der Waals surface area (Å²) in [5, 5.41) is 0. The molecule has 6 heteroatoms. The standard InChI is InChI=1S/C13H26N2O3S/c14-10-13(6-2-1-3-7-13)11-15-19(16,17)9-12-5-4-8-18-12/h12,15H,1-11,14H2. The third kappa shape index (κ3) is 4.41. The van der Waals surface area contributed by atoms with Crippen LogP contribution in [0.4, 0.5) is 0 Å². The van der Waals surface area contributed by atoms with E-state index < -0.39 is 10.0 Å². The highest BCUT2D eigenvalue weighted by molar-refractivity contribution is 7.89. The maximum atomic E-state index is 12.1. The molecule has 2 rings (SSSR count). The summed E-state index contributed by atoms with van der Waals surface area (Å²) < 4.78 is 32.3. The van der Waals surface area contributed by atoms with Crippen molar-refractivity contribution >= 4 is 10.0 Å². The molecule has 5 nitrogen and oxygen atoms in total. The van der Waals surface area contributed by atoms with Gasteiger partial charge in [-0.2, -0.15) is 0 Å². The highest BCUT2D eigenvalue weighted by Gasteiger charge is 2.32. The van der Waals surface area contributed by atoms with Crippen molar-refractivity contribution in [3.05, 3.63) is 0 Å². The molecule has 0 aromatic carbocycles. The zero-order chi connectivity index (χ0) is 13.8. The smallest absolute Gasteiger partial charge is 0.214 e. The van der Waals surface area contributed by atoms with Crippen LogP contribution in [-0.4, -0.2) is 40.0 Å². The summed E-state index contributed by atoms with van der Waals surface area (Å²) in [6.45, 7) is 1.74. The largest absolute Gasteiger partial charge is 0.377 e. The molecule has 0 amide bonds. The topological polar surface area (TPSA) is 81.4 Å². The second kappa shape index (κ2) is 6.52. The van der Waals surface area contributed by atoms with Crippen molar-refractivity contribution in [1.29, 1.82) is 0 Å². The summed E-state index contributed by atoms with van der Waals surface area (Å²) in [5.41, 5.74) is 5.85. The number of hydrogen-bond acceptors (Lipinski definition) is 4. The Morgan fingerprint density at radius 3 is 2.53 bits per heavy atom. The molecule has 1 atom stereocenters. The molecule has 1 saturated carbocycles. The molecule has 1 heterocycles. The van der Waals surface area contributed by atoms with Crippen molar-refractivity contribution in [2.75, 3.05) is 25.4 Å². The Morgan fingerprint density at radius 1 is 1.21 bits per heavy atom. The number of rotatable bonds is 6. The van der Waals surface area contributed by atoms with Gasteiger partial charge in [-0.3, -0.25) is 0 Å². The van der Waals surface area contributed by atoms with Gasteiger partial charge in [0.15, 0.2) is 0 Å². The second-order valence-corrected chi connectivity index (χ2v) is 7.85. The first kappa shape index (κ1) is 15.2. The van der Waals surface area contributed by atoms with E-state index in [-0.39, 0.29) is 17.3 Å². The van der Waals surface area contributed by atoms with Gasteiger partial charge >= 0.3 is 0 Å². The van der Waals surface area contributed by atoms with Crippen LogP contribution in [0.2, 0.25) is 0 Å². The Balaban J connectivity index is 1.85. The van der Waals surface area contributed by atoms with Crippen LogP contribution in [0.5, 0.6) is 0 Å². The molecule has 2 aliphatic rings. The van der Waals surface area contributed by atoms with Crippen molar-refractivity contribution < 1.29 is 13.2 Å². The maximum absolute atomic E-state index is 12.1. The minimum atomic E-state index is -3.24. The monoisotopic (exact) mass is 290 g/mol. The van der Waals surface area contributed by atoms with E-state index in [2.05, 4.69) is 4.72 Å². The van der Waals surface area contributed by atoms with Gasteiger partial charge in [0.25, 0.3) is 0 Å². The van der Waals surface area contributed by atoms with E-state index in [1.54, 1.807) is 0 Å². The third-order valence-corrected chi connectivity index (χ3v) is 5.84. The van der Waals surface area contributed by atoms with Crippen molar-refractivity contribution in [2.45, 2.75) is 51.0 Å². The molecule has 0 aromatic rings.